The van der Waals surface area contributed by atoms with Crippen LogP contribution >= 0.6 is 12.2 Å². The van der Waals surface area contributed by atoms with Crippen molar-refractivity contribution in [2.75, 3.05) is 5.32 Å². The molecule has 0 aromatic heterocycles. The Morgan fingerprint density at radius 1 is 1.21 bits per heavy atom. The number of nitrogens with one attached hydrogen (secondary N) is 1. The Morgan fingerprint density at radius 3 is 2.62 bits per heavy atom. The summed E-state index contributed by atoms with van der Waals surface area (Å²) in [5.41, 5.74) is 3.69. The minimum atomic E-state index is -3.37. The van der Waals surface area contributed by atoms with Crippen LogP contribution in [0.5, 0.6) is 0 Å². The minimum Gasteiger partial charge on any atom is -0.467 e. The summed E-state index contributed by atoms with van der Waals surface area (Å²) < 4.78 is 30.7. The van der Waals surface area contributed by atoms with Crippen LogP contribution in [0.4, 0.5) is 5.69 Å². The number of ether oxygens (including phenoxy) is 1. The van der Waals surface area contributed by atoms with Crippen molar-refractivity contribution in [2.24, 2.45) is 0 Å². The molecule has 4 nitrogen and oxygen atoms in total. The molecule has 0 spiro atoms. The standard InChI is InChI=1S/C18H19NO3S2/c1-12-3-6-16(7-4-12)24(20,21)11-14-5-8-17-15(10-14)9-13(2)22-18(23)19-17/h3-8,10,13H,9,11H2,1-2H3,(H,19,23). The van der Waals surface area contributed by atoms with E-state index in [4.69, 9.17) is 17.0 Å². The SMILES string of the molecule is Cc1ccc(S(=O)(=O)Cc2ccc3c(c2)CC(C)OC(=S)N3)cc1. The van der Waals surface area contributed by atoms with Crippen molar-refractivity contribution < 1.29 is 13.2 Å². The van der Waals surface area contributed by atoms with E-state index in [0.29, 0.717) is 16.5 Å². The minimum absolute atomic E-state index is 0.0248. The molecule has 2 aromatic rings. The predicted molar refractivity (Wildman–Crippen MR) is 99.0 cm³/mol. The number of fused-ring (bicyclic) bond motifs is 1. The van der Waals surface area contributed by atoms with Crippen LogP contribution in [-0.4, -0.2) is 19.7 Å². The van der Waals surface area contributed by atoms with Gasteiger partial charge in [0.15, 0.2) is 9.84 Å². The Morgan fingerprint density at radius 2 is 1.92 bits per heavy atom. The highest BCUT2D eigenvalue weighted by molar-refractivity contribution is 7.90. The van der Waals surface area contributed by atoms with Gasteiger partial charge in [-0.2, -0.15) is 0 Å². The molecular formula is C18H19NO3S2. The number of anilines is 1. The molecule has 0 aliphatic carbocycles. The van der Waals surface area contributed by atoms with Crippen LogP contribution < -0.4 is 5.32 Å². The molecule has 1 N–H and O–H groups in total. The molecule has 3 rings (SSSR count). The average Bonchev–Trinajstić information content (AvgIpc) is 2.63. The molecule has 0 bridgehead atoms. The van der Waals surface area contributed by atoms with E-state index >= 15 is 0 Å². The van der Waals surface area contributed by atoms with Crippen molar-refractivity contribution in [2.45, 2.75) is 37.0 Å². The highest BCUT2D eigenvalue weighted by Gasteiger charge is 2.20. The molecule has 1 heterocycles. The predicted octanol–water partition coefficient (Wildman–Crippen LogP) is 3.63. The number of benzene rings is 2. The molecule has 0 radical (unpaired) electrons. The fraction of sp³-hybridized carbons (Fsp3) is 0.278. The lowest BCUT2D eigenvalue weighted by molar-refractivity contribution is 0.217. The van der Waals surface area contributed by atoms with Crippen LogP contribution in [0, 0.1) is 6.92 Å². The molecule has 0 fully saturated rings. The Kier molecular flexibility index (Phi) is 4.60. The van der Waals surface area contributed by atoms with E-state index in [9.17, 15) is 8.42 Å². The Balaban J connectivity index is 1.88. The average molecular weight is 361 g/mol. The fourth-order valence-corrected chi connectivity index (χ4v) is 4.36. The van der Waals surface area contributed by atoms with E-state index in [-0.39, 0.29) is 11.9 Å². The summed E-state index contributed by atoms with van der Waals surface area (Å²) in [6, 6.07) is 12.5. The Hall–Kier alpha value is -1.92. The van der Waals surface area contributed by atoms with Crippen molar-refractivity contribution in [1.29, 1.82) is 0 Å². The van der Waals surface area contributed by atoms with Gasteiger partial charge in [0.2, 0.25) is 0 Å². The first kappa shape index (κ1) is 16.9. The summed E-state index contributed by atoms with van der Waals surface area (Å²) >= 11 is 5.11. The molecule has 0 amide bonds. The molecule has 6 heteroatoms. The lowest BCUT2D eigenvalue weighted by atomic mass is 10.0. The third-order valence-corrected chi connectivity index (χ3v) is 5.86. The van der Waals surface area contributed by atoms with Gasteiger partial charge in [-0.15, -0.1) is 0 Å². The van der Waals surface area contributed by atoms with Crippen LogP contribution in [0.25, 0.3) is 0 Å². The quantitative estimate of drug-likeness (QED) is 0.846. The molecule has 24 heavy (non-hydrogen) atoms. The Labute approximate surface area is 147 Å². The molecular weight excluding hydrogens is 342 g/mol. The molecule has 0 saturated heterocycles. The van der Waals surface area contributed by atoms with Crippen LogP contribution in [0.2, 0.25) is 0 Å². The van der Waals surface area contributed by atoms with Crippen LogP contribution in [0.3, 0.4) is 0 Å². The zero-order valence-corrected chi connectivity index (χ0v) is 15.2. The van der Waals surface area contributed by atoms with Crippen LogP contribution in [-0.2, 0) is 26.7 Å². The number of hydrogen-bond donors (Lipinski definition) is 1. The highest BCUT2D eigenvalue weighted by Crippen LogP contribution is 2.25. The van der Waals surface area contributed by atoms with E-state index in [1.807, 2.05) is 44.2 Å². The first-order valence-corrected chi connectivity index (χ1v) is 9.78. The van der Waals surface area contributed by atoms with E-state index in [0.717, 1.165) is 22.4 Å². The van der Waals surface area contributed by atoms with Crippen molar-refractivity contribution in [1.82, 2.24) is 0 Å². The molecule has 1 atom stereocenters. The molecule has 1 aliphatic rings. The van der Waals surface area contributed by atoms with E-state index in [1.165, 1.54) is 0 Å². The van der Waals surface area contributed by atoms with Gasteiger partial charge >= 0.3 is 0 Å². The van der Waals surface area contributed by atoms with E-state index in [2.05, 4.69) is 5.32 Å². The highest BCUT2D eigenvalue weighted by atomic mass is 32.2. The number of rotatable bonds is 3. The monoisotopic (exact) mass is 361 g/mol. The zero-order chi connectivity index (χ0) is 17.3. The zero-order valence-electron chi connectivity index (χ0n) is 13.6. The summed E-state index contributed by atoms with van der Waals surface area (Å²) in [6.07, 6.45) is 0.635. The first-order valence-electron chi connectivity index (χ1n) is 7.72. The van der Waals surface area contributed by atoms with Gasteiger partial charge in [0.05, 0.1) is 10.6 Å². The Bertz CT molecular complexity index is 874. The number of hydrogen-bond acceptors (Lipinski definition) is 4. The van der Waals surface area contributed by atoms with Gasteiger partial charge in [-0.1, -0.05) is 29.8 Å². The second kappa shape index (κ2) is 6.53. The molecule has 126 valence electrons. The van der Waals surface area contributed by atoms with Crippen molar-refractivity contribution in [3.63, 3.8) is 0 Å². The van der Waals surface area contributed by atoms with Gasteiger partial charge in [0.25, 0.3) is 5.17 Å². The second-order valence-electron chi connectivity index (χ2n) is 6.11. The van der Waals surface area contributed by atoms with Crippen molar-refractivity contribution >= 4 is 32.9 Å². The summed E-state index contributed by atoms with van der Waals surface area (Å²) in [7, 11) is -3.37. The van der Waals surface area contributed by atoms with Gasteiger partial charge < -0.3 is 10.1 Å². The maximum absolute atomic E-state index is 12.6. The summed E-state index contributed by atoms with van der Waals surface area (Å²) in [5, 5.41) is 3.39. The number of thiocarbonyl (C=S) groups is 1. The summed E-state index contributed by atoms with van der Waals surface area (Å²) in [4.78, 5) is 0.346. The normalized spacial score (nSPS) is 17.4. The van der Waals surface area contributed by atoms with Crippen molar-refractivity contribution in [3.8, 4) is 0 Å². The smallest absolute Gasteiger partial charge is 0.261 e. The van der Waals surface area contributed by atoms with Gasteiger partial charge in [0.1, 0.15) is 6.10 Å². The summed E-state index contributed by atoms with van der Waals surface area (Å²) in [6.45, 7) is 3.88. The molecule has 2 aromatic carbocycles. The maximum atomic E-state index is 12.6. The number of sulfone groups is 1. The van der Waals surface area contributed by atoms with Crippen molar-refractivity contribution in [3.05, 3.63) is 59.2 Å². The molecule has 1 aliphatic heterocycles. The third-order valence-electron chi connectivity index (χ3n) is 3.96. The largest absolute Gasteiger partial charge is 0.467 e. The maximum Gasteiger partial charge on any atom is 0.261 e. The number of aryl methyl sites for hydroxylation is 1. The molecule has 1 unspecified atom stereocenters. The fourth-order valence-electron chi connectivity index (χ4n) is 2.75. The topological polar surface area (TPSA) is 55.4 Å². The van der Waals surface area contributed by atoms with Crippen LogP contribution in [0.15, 0.2) is 47.4 Å². The molecule has 0 saturated carbocycles. The van der Waals surface area contributed by atoms with Gasteiger partial charge in [-0.05, 0) is 55.4 Å². The second-order valence-corrected chi connectivity index (χ2v) is 8.47. The van der Waals surface area contributed by atoms with Gasteiger partial charge in [-0.25, -0.2) is 8.42 Å². The van der Waals surface area contributed by atoms with E-state index < -0.39 is 9.84 Å². The third kappa shape index (κ3) is 3.76. The lowest BCUT2D eigenvalue weighted by Gasteiger charge is -2.10. The van der Waals surface area contributed by atoms with Crippen LogP contribution in [0.1, 0.15) is 23.6 Å². The van der Waals surface area contributed by atoms with Gasteiger partial charge in [0, 0.05) is 12.1 Å². The first-order chi connectivity index (χ1) is 11.3. The van der Waals surface area contributed by atoms with E-state index in [1.54, 1.807) is 12.1 Å². The van der Waals surface area contributed by atoms with Gasteiger partial charge in [-0.3, -0.25) is 0 Å². The summed E-state index contributed by atoms with van der Waals surface area (Å²) in [5.74, 6) is -0.0248. The lowest BCUT2D eigenvalue weighted by Crippen LogP contribution is -2.16.